The Morgan fingerprint density at radius 3 is 2.43 bits per heavy atom. The van der Waals surface area contributed by atoms with E-state index in [9.17, 15) is 24.9 Å². The van der Waals surface area contributed by atoms with E-state index < -0.39 is 48.4 Å². The molecule has 5 unspecified atom stereocenters. The Labute approximate surface area is 119 Å². The third-order valence-electron chi connectivity index (χ3n) is 3.56. The van der Waals surface area contributed by atoms with Gasteiger partial charge in [-0.2, -0.15) is 0 Å². The van der Waals surface area contributed by atoms with Gasteiger partial charge in [-0.15, -0.1) is 0 Å². The molecule has 2 rings (SSSR count). The monoisotopic (exact) mass is 302 g/mol. The molecule has 0 spiro atoms. The minimum atomic E-state index is -1.50. The van der Waals surface area contributed by atoms with E-state index in [2.05, 4.69) is 4.98 Å². The fourth-order valence-corrected chi connectivity index (χ4v) is 2.28. The van der Waals surface area contributed by atoms with Crippen LogP contribution in [0.2, 0.25) is 0 Å². The molecule has 1 aromatic heterocycles. The van der Waals surface area contributed by atoms with Crippen molar-refractivity contribution in [2.75, 3.05) is 6.61 Å². The van der Waals surface area contributed by atoms with Gasteiger partial charge in [-0.05, 0) is 6.92 Å². The summed E-state index contributed by atoms with van der Waals surface area (Å²) in [5.74, 6) is 0. The van der Waals surface area contributed by atoms with Crippen molar-refractivity contribution >= 4 is 0 Å². The van der Waals surface area contributed by atoms with E-state index in [0.717, 1.165) is 4.57 Å². The Morgan fingerprint density at radius 2 is 1.81 bits per heavy atom. The molecule has 0 aliphatic carbocycles. The van der Waals surface area contributed by atoms with Crippen LogP contribution in [0.5, 0.6) is 0 Å². The average molecular weight is 302 g/mol. The Balaban J connectivity index is 2.24. The highest BCUT2D eigenvalue weighted by Gasteiger charge is 2.43. The van der Waals surface area contributed by atoms with Gasteiger partial charge in [-0.3, -0.25) is 14.3 Å². The van der Waals surface area contributed by atoms with Crippen LogP contribution in [0.3, 0.4) is 0 Å². The maximum atomic E-state index is 11.7. The molecule has 9 nitrogen and oxygen atoms in total. The molecule has 0 bridgehead atoms. The van der Waals surface area contributed by atoms with Gasteiger partial charge >= 0.3 is 5.69 Å². The number of rotatable bonds is 3. The number of aromatic nitrogens is 2. The van der Waals surface area contributed by atoms with Crippen LogP contribution in [0.4, 0.5) is 0 Å². The zero-order valence-corrected chi connectivity index (χ0v) is 11.3. The molecule has 118 valence electrons. The number of ether oxygens (including phenoxy) is 1. The van der Waals surface area contributed by atoms with Crippen LogP contribution in [0, 0.1) is 6.92 Å². The van der Waals surface area contributed by atoms with Gasteiger partial charge < -0.3 is 25.2 Å². The first-order valence-corrected chi connectivity index (χ1v) is 6.46. The topological polar surface area (TPSA) is 145 Å². The maximum absolute atomic E-state index is 11.7. The Morgan fingerprint density at radius 1 is 1.19 bits per heavy atom. The fraction of sp³-hybridized carbons (Fsp3) is 0.667. The molecular weight excluding hydrogens is 284 g/mol. The van der Waals surface area contributed by atoms with Crippen molar-refractivity contribution < 1.29 is 25.2 Å². The van der Waals surface area contributed by atoms with Gasteiger partial charge in [0.2, 0.25) is 0 Å². The molecule has 0 amide bonds. The number of H-pyrrole nitrogens is 1. The summed E-state index contributed by atoms with van der Waals surface area (Å²) in [7, 11) is 0. The van der Waals surface area contributed by atoms with E-state index in [-0.39, 0.29) is 6.54 Å². The zero-order valence-electron chi connectivity index (χ0n) is 11.3. The Kier molecular flexibility index (Phi) is 4.59. The van der Waals surface area contributed by atoms with Gasteiger partial charge in [-0.1, -0.05) is 0 Å². The van der Waals surface area contributed by atoms with Crippen molar-refractivity contribution in [2.24, 2.45) is 0 Å². The van der Waals surface area contributed by atoms with Crippen molar-refractivity contribution in [1.82, 2.24) is 9.55 Å². The molecule has 5 atom stereocenters. The summed E-state index contributed by atoms with van der Waals surface area (Å²) >= 11 is 0. The highest BCUT2D eigenvalue weighted by molar-refractivity contribution is 5.01. The summed E-state index contributed by atoms with van der Waals surface area (Å²) < 4.78 is 6.43. The third-order valence-corrected chi connectivity index (χ3v) is 3.56. The summed E-state index contributed by atoms with van der Waals surface area (Å²) in [5.41, 5.74) is -0.883. The molecule has 21 heavy (non-hydrogen) atoms. The van der Waals surface area contributed by atoms with Crippen molar-refractivity contribution in [2.45, 2.75) is 44.0 Å². The second-order valence-corrected chi connectivity index (χ2v) is 5.09. The standard InChI is InChI=1S/C12H18N2O7/c1-5-2-14(12(20)13-11(5)19)3-6-8(16)10(18)9(17)7(4-15)21-6/h2,6-10,15-18H,3-4H2,1H3,(H,13,19,20). The van der Waals surface area contributed by atoms with Crippen LogP contribution in [-0.2, 0) is 11.3 Å². The molecule has 9 heteroatoms. The highest BCUT2D eigenvalue weighted by atomic mass is 16.5. The fourth-order valence-electron chi connectivity index (χ4n) is 2.28. The van der Waals surface area contributed by atoms with Crippen molar-refractivity contribution in [1.29, 1.82) is 0 Å². The number of aryl methyl sites for hydroxylation is 1. The molecule has 2 heterocycles. The van der Waals surface area contributed by atoms with E-state index in [0.29, 0.717) is 5.56 Å². The van der Waals surface area contributed by atoms with Gasteiger partial charge in [-0.25, -0.2) is 4.79 Å². The van der Waals surface area contributed by atoms with Crippen LogP contribution in [-0.4, -0.2) is 67.1 Å². The van der Waals surface area contributed by atoms with E-state index in [4.69, 9.17) is 9.84 Å². The van der Waals surface area contributed by atoms with Crippen LogP contribution >= 0.6 is 0 Å². The number of nitrogens with zero attached hydrogens (tertiary/aromatic N) is 1. The lowest BCUT2D eigenvalue weighted by molar-refractivity contribution is -0.232. The molecule has 5 N–H and O–H groups in total. The predicted octanol–water partition coefficient (Wildman–Crippen LogP) is -3.31. The Bertz CT molecular complexity index is 608. The zero-order chi connectivity index (χ0) is 15.7. The van der Waals surface area contributed by atoms with E-state index in [1.54, 1.807) is 0 Å². The molecule has 1 saturated heterocycles. The van der Waals surface area contributed by atoms with Gasteiger partial charge in [0.05, 0.1) is 13.2 Å². The second-order valence-electron chi connectivity index (χ2n) is 5.09. The number of hydrogen-bond acceptors (Lipinski definition) is 7. The summed E-state index contributed by atoms with van der Waals surface area (Å²) in [6, 6.07) is 0. The van der Waals surface area contributed by atoms with Crippen molar-refractivity contribution in [3.05, 3.63) is 32.6 Å². The van der Waals surface area contributed by atoms with E-state index in [1.165, 1.54) is 13.1 Å². The highest BCUT2D eigenvalue weighted by Crippen LogP contribution is 2.21. The average Bonchev–Trinajstić information content (AvgIpc) is 2.45. The van der Waals surface area contributed by atoms with E-state index in [1.807, 2.05) is 0 Å². The van der Waals surface area contributed by atoms with Gasteiger partial charge in [0.1, 0.15) is 30.5 Å². The van der Waals surface area contributed by atoms with Crippen molar-refractivity contribution in [3.63, 3.8) is 0 Å². The molecule has 1 aliphatic heterocycles. The predicted molar refractivity (Wildman–Crippen MR) is 69.8 cm³/mol. The molecule has 1 aromatic rings. The molecular formula is C12H18N2O7. The largest absolute Gasteiger partial charge is 0.394 e. The quantitative estimate of drug-likeness (QED) is 0.393. The summed E-state index contributed by atoms with van der Waals surface area (Å²) in [4.78, 5) is 25.1. The Hall–Kier alpha value is -1.52. The molecule has 0 aromatic carbocycles. The van der Waals surface area contributed by atoms with Crippen LogP contribution in [0.1, 0.15) is 5.56 Å². The SMILES string of the molecule is Cc1cn(CC2OC(CO)C(O)C(O)C2O)c(=O)[nH]c1=O. The number of hydrogen-bond donors (Lipinski definition) is 5. The molecule has 1 aliphatic rings. The number of aliphatic hydroxyl groups excluding tert-OH is 4. The first-order valence-electron chi connectivity index (χ1n) is 6.46. The first-order chi connectivity index (χ1) is 9.85. The molecule has 1 fully saturated rings. The normalized spacial score (nSPS) is 33.1. The van der Waals surface area contributed by atoms with Crippen molar-refractivity contribution in [3.8, 4) is 0 Å². The second kappa shape index (κ2) is 6.08. The summed E-state index contributed by atoms with van der Waals surface area (Å²) in [6.07, 6.45) is -5.11. The van der Waals surface area contributed by atoms with Gasteiger partial charge in [0.25, 0.3) is 5.56 Å². The molecule has 0 radical (unpaired) electrons. The lowest BCUT2D eigenvalue weighted by Crippen LogP contribution is -2.59. The van der Waals surface area contributed by atoms with Gasteiger partial charge in [0, 0.05) is 11.8 Å². The minimum Gasteiger partial charge on any atom is -0.394 e. The smallest absolute Gasteiger partial charge is 0.328 e. The van der Waals surface area contributed by atoms with Crippen LogP contribution < -0.4 is 11.2 Å². The lowest BCUT2D eigenvalue weighted by atomic mass is 9.95. The first kappa shape index (κ1) is 15.9. The third kappa shape index (κ3) is 3.06. The van der Waals surface area contributed by atoms with E-state index >= 15 is 0 Å². The lowest BCUT2D eigenvalue weighted by Gasteiger charge is -2.40. The van der Waals surface area contributed by atoms with Crippen LogP contribution in [0.15, 0.2) is 15.8 Å². The number of aromatic amines is 1. The number of aliphatic hydroxyl groups is 4. The van der Waals surface area contributed by atoms with Gasteiger partial charge in [0.15, 0.2) is 0 Å². The maximum Gasteiger partial charge on any atom is 0.328 e. The minimum absolute atomic E-state index is 0.141. The summed E-state index contributed by atoms with van der Waals surface area (Å²) in [6.45, 7) is 0.834. The number of nitrogens with one attached hydrogen (secondary N) is 1. The molecule has 0 saturated carbocycles. The summed E-state index contributed by atoms with van der Waals surface area (Å²) in [5, 5.41) is 38.3. The van der Waals surface area contributed by atoms with Crippen LogP contribution in [0.25, 0.3) is 0 Å².